The largest absolute Gasteiger partial charge is 0.462 e. The van der Waals surface area contributed by atoms with Gasteiger partial charge in [0.1, 0.15) is 0 Å². The molecule has 0 aromatic heterocycles. The van der Waals surface area contributed by atoms with Crippen molar-refractivity contribution in [2.24, 2.45) is 5.92 Å². The van der Waals surface area contributed by atoms with Gasteiger partial charge >= 0.3 is 5.97 Å². The minimum absolute atomic E-state index is 0.0216. The highest BCUT2D eigenvalue weighted by Crippen LogP contribution is 2.29. The smallest absolute Gasteiger partial charge is 0.338 e. The maximum Gasteiger partial charge on any atom is 0.338 e. The van der Waals surface area contributed by atoms with Gasteiger partial charge in [0.15, 0.2) is 0 Å². The number of carbonyl (C=O) groups is 3. The standard InChI is InChI=1S/C25H31N3O4/c1-4-32-25(31)20-10-11-22(21(17-20)26-23(29)16-18(2)3)27-12-14-28(15-13-27)24(30)19-8-6-5-7-9-19/h5-11,17-18H,4,12-16H2,1-3H3,(H,26,29). The summed E-state index contributed by atoms with van der Waals surface area (Å²) >= 11 is 0. The van der Waals surface area contributed by atoms with Gasteiger partial charge in [-0.3, -0.25) is 9.59 Å². The number of ether oxygens (including phenoxy) is 1. The van der Waals surface area contributed by atoms with Crippen LogP contribution in [0.3, 0.4) is 0 Å². The third-order valence-electron chi connectivity index (χ3n) is 5.30. The molecule has 2 amide bonds. The molecular formula is C25H31N3O4. The second-order valence-corrected chi connectivity index (χ2v) is 8.24. The van der Waals surface area contributed by atoms with Crippen LogP contribution >= 0.6 is 0 Å². The lowest BCUT2D eigenvalue weighted by atomic mass is 10.1. The Morgan fingerprint density at radius 3 is 2.28 bits per heavy atom. The molecule has 0 saturated carbocycles. The van der Waals surface area contributed by atoms with Crippen molar-refractivity contribution in [3.8, 4) is 0 Å². The quantitative estimate of drug-likeness (QED) is 0.667. The van der Waals surface area contributed by atoms with Crippen LogP contribution in [0.15, 0.2) is 48.5 Å². The lowest BCUT2D eigenvalue weighted by Gasteiger charge is -2.37. The molecule has 0 spiro atoms. The zero-order chi connectivity index (χ0) is 23.1. The molecule has 0 bridgehead atoms. The fraction of sp³-hybridized carbons (Fsp3) is 0.400. The van der Waals surface area contributed by atoms with Crippen LogP contribution in [0.5, 0.6) is 0 Å². The van der Waals surface area contributed by atoms with Crippen molar-refractivity contribution in [1.29, 1.82) is 0 Å². The molecule has 1 aliphatic rings. The van der Waals surface area contributed by atoms with Crippen LogP contribution in [0.2, 0.25) is 0 Å². The van der Waals surface area contributed by atoms with Gasteiger partial charge in [0.05, 0.1) is 23.5 Å². The van der Waals surface area contributed by atoms with E-state index in [4.69, 9.17) is 4.74 Å². The molecule has 1 N–H and O–H groups in total. The van der Waals surface area contributed by atoms with Crippen molar-refractivity contribution >= 4 is 29.2 Å². The molecule has 1 aliphatic heterocycles. The SMILES string of the molecule is CCOC(=O)c1ccc(N2CCN(C(=O)c3ccccc3)CC2)c(NC(=O)CC(C)C)c1. The zero-order valence-electron chi connectivity index (χ0n) is 19.0. The second-order valence-electron chi connectivity index (χ2n) is 8.24. The Hall–Kier alpha value is -3.35. The summed E-state index contributed by atoms with van der Waals surface area (Å²) in [5, 5.41) is 2.97. The maximum absolute atomic E-state index is 12.7. The van der Waals surface area contributed by atoms with E-state index in [1.165, 1.54) is 0 Å². The van der Waals surface area contributed by atoms with E-state index in [9.17, 15) is 14.4 Å². The van der Waals surface area contributed by atoms with Gasteiger partial charge in [-0.15, -0.1) is 0 Å². The van der Waals surface area contributed by atoms with E-state index >= 15 is 0 Å². The lowest BCUT2D eigenvalue weighted by Crippen LogP contribution is -2.49. The second kappa shape index (κ2) is 10.8. The molecular weight excluding hydrogens is 406 g/mol. The minimum atomic E-state index is -0.420. The highest BCUT2D eigenvalue weighted by molar-refractivity contribution is 5.98. The van der Waals surface area contributed by atoms with Gasteiger partial charge in [0.25, 0.3) is 5.91 Å². The van der Waals surface area contributed by atoms with Gasteiger partial charge in [0, 0.05) is 38.2 Å². The summed E-state index contributed by atoms with van der Waals surface area (Å²) in [4.78, 5) is 41.4. The predicted octanol–water partition coefficient (Wildman–Crippen LogP) is 3.81. The van der Waals surface area contributed by atoms with Crippen LogP contribution in [-0.2, 0) is 9.53 Å². The monoisotopic (exact) mass is 437 g/mol. The Morgan fingerprint density at radius 1 is 0.969 bits per heavy atom. The number of carbonyl (C=O) groups excluding carboxylic acids is 3. The summed E-state index contributed by atoms with van der Waals surface area (Å²) in [6, 6.07) is 14.5. The molecule has 0 radical (unpaired) electrons. The molecule has 7 nitrogen and oxygen atoms in total. The number of amides is 2. The molecule has 3 rings (SSSR count). The van der Waals surface area contributed by atoms with Crippen LogP contribution in [0.25, 0.3) is 0 Å². The fourth-order valence-corrected chi connectivity index (χ4v) is 3.74. The van der Waals surface area contributed by atoms with Gasteiger partial charge in [0.2, 0.25) is 5.91 Å². The Labute approximate surface area is 189 Å². The third-order valence-corrected chi connectivity index (χ3v) is 5.30. The molecule has 0 atom stereocenters. The fourth-order valence-electron chi connectivity index (χ4n) is 3.74. The van der Waals surface area contributed by atoms with Crippen LogP contribution in [-0.4, -0.2) is 55.5 Å². The van der Waals surface area contributed by atoms with Crippen LogP contribution in [0, 0.1) is 5.92 Å². The lowest BCUT2D eigenvalue weighted by molar-refractivity contribution is -0.116. The summed E-state index contributed by atoms with van der Waals surface area (Å²) in [7, 11) is 0. The number of rotatable bonds is 7. The van der Waals surface area contributed by atoms with E-state index in [1.54, 1.807) is 19.1 Å². The number of nitrogens with one attached hydrogen (secondary N) is 1. The molecule has 0 aliphatic carbocycles. The van der Waals surface area contributed by atoms with Crippen molar-refractivity contribution in [2.45, 2.75) is 27.2 Å². The molecule has 0 unspecified atom stereocenters. The number of anilines is 2. The summed E-state index contributed by atoms with van der Waals surface area (Å²) in [5.41, 5.74) is 2.50. The Bertz CT molecular complexity index is 951. The first kappa shape index (κ1) is 23.3. The van der Waals surface area contributed by atoms with Gasteiger partial charge < -0.3 is 19.9 Å². The van der Waals surface area contributed by atoms with Crippen LogP contribution in [0.4, 0.5) is 11.4 Å². The van der Waals surface area contributed by atoms with E-state index < -0.39 is 5.97 Å². The highest BCUT2D eigenvalue weighted by Gasteiger charge is 2.24. The van der Waals surface area contributed by atoms with Crippen LogP contribution < -0.4 is 10.2 Å². The van der Waals surface area contributed by atoms with Gasteiger partial charge in [-0.25, -0.2) is 4.79 Å². The molecule has 1 saturated heterocycles. The minimum Gasteiger partial charge on any atom is -0.462 e. The number of piperazine rings is 1. The average molecular weight is 438 g/mol. The number of hydrogen-bond donors (Lipinski definition) is 1. The Kier molecular flexibility index (Phi) is 7.87. The summed E-state index contributed by atoms with van der Waals surface area (Å²) in [6.07, 6.45) is 0.391. The molecule has 32 heavy (non-hydrogen) atoms. The molecule has 2 aromatic carbocycles. The summed E-state index contributed by atoms with van der Waals surface area (Å²) < 4.78 is 5.11. The number of esters is 1. The van der Waals surface area contributed by atoms with Gasteiger partial charge in [-0.2, -0.15) is 0 Å². The van der Waals surface area contributed by atoms with Crippen molar-refractivity contribution in [1.82, 2.24) is 4.90 Å². The number of hydrogen-bond acceptors (Lipinski definition) is 5. The zero-order valence-corrected chi connectivity index (χ0v) is 19.0. The van der Waals surface area contributed by atoms with Crippen molar-refractivity contribution in [3.63, 3.8) is 0 Å². The molecule has 7 heteroatoms. The van der Waals surface area contributed by atoms with Crippen molar-refractivity contribution in [2.75, 3.05) is 43.0 Å². The normalized spacial score (nSPS) is 13.8. The van der Waals surface area contributed by atoms with E-state index in [0.717, 1.165) is 5.69 Å². The molecule has 1 fully saturated rings. The van der Waals surface area contributed by atoms with E-state index in [2.05, 4.69) is 10.2 Å². The van der Waals surface area contributed by atoms with Gasteiger partial charge in [-0.05, 0) is 43.2 Å². The number of nitrogens with zero attached hydrogens (tertiary/aromatic N) is 2. The Balaban J connectivity index is 1.76. The Morgan fingerprint density at radius 2 is 1.66 bits per heavy atom. The summed E-state index contributed by atoms with van der Waals surface area (Å²) in [5.74, 6) is -0.274. The maximum atomic E-state index is 12.7. The predicted molar refractivity (Wildman–Crippen MR) is 125 cm³/mol. The van der Waals surface area contributed by atoms with Gasteiger partial charge in [-0.1, -0.05) is 32.0 Å². The topological polar surface area (TPSA) is 79.0 Å². The van der Waals surface area contributed by atoms with E-state index in [0.29, 0.717) is 49.4 Å². The highest BCUT2D eigenvalue weighted by atomic mass is 16.5. The van der Waals surface area contributed by atoms with Crippen LogP contribution in [0.1, 0.15) is 47.9 Å². The van der Waals surface area contributed by atoms with Crippen molar-refractivity contribution in [3.05, 3.63) is 59.7 Å². The first-order valence-electron chi connectivity index (χ1n) is 11.1. The molecule has 170 valence electrons. The molecule has 1 heterocycles. The third kappa shape index (κ3) is 5.87. The van der Waals surface area contributed by atoms with E-state index in [-0.39, 0.29) is 24.3 Å². The first-order chi connectivity index (χ1) is 15.4. The average Bonchev–Trinajstić information content (AvgIpc) is 2.79. The first-order valence-corrected chi connectivity index (χ1v) is 11.1. The molecule has 2 aromatic rings. The number of benzene rings is 2. The van der Waals surface area contributed by atoms with E-state index in [1.807, 2.05) is 55.1 Å². The summed E-state index contributed by atoms with van der Waals surface area (Å²) in [6.45, 7) is 8.42. The van der Waals surface area contributed by atoms with Crippen molar-refractivity contribution < 1.29 is 19.1 Å².